The first-order valence-corrected chi connectivity index (χ1v) is 9.40. The minimum Gasteiger partial charge on any atom is -0.342 e. The molecular formula is C20H27FN2O2. The first-order valence-electron chi connectivity index (χ1n) is 9.40. The fraction of sp³-hybridized carbons (Fsp3) is 0.600. The summed E-state index contributed by atoms with van der Waals surface area (Å²) in [7, 11) is 0. The zero-order chi connectivity index (χ0) is 17.8. The molecule has 0 radical (unpaired) electrons. The van der Waals surface area contributed by atoms with E-state index >= 15 is 0 Å². The van der Waals surface area contributed by atoms with Crippen molar-refractivity contribution in [3.8, 4) is 0 Å². The Hall–Kier alpha value is -1.91. The van der Waals surface area contributed by atoms with Gasteiger partial charge in [0.1, 0.15) is 5.82 Å². The van der Waals surface area contributed by atoms with Crippen LogP contribution in [0.4, 0.5) is 4.39 Å². The van der Waals surface area contributed by atoms with Crippen LogP contribution in [0.15, 0.2) is 24.3 Å². The van der Waals surface area contributed by atoms with E-state index < -0.39 is 0 Å². The van der Waals surface area contributed by atoms with E-state index in [0.717, 1.165) is 44.5 Å². The third kappa shape index (κ3) is 4.20. The minimum absolute atomic E-state index is 0.140. The summed E-state index contributed by atoms with van der Waals surface area (Å²) in [5, 5.41) is 0. The van der Waals surface area contributed by atoms with Crippen LogP contribution in [0, 0.1) is 11.7 Å². The van der Waals surface area contributed by atoms with Gasteiger partial charge in [0, 0.05) is 38.5 Å². The maximum atomic E-state index is 13.2. The second kappa shape index (κ2) is 7.98. The molecule has 1 aromatic carbocycles. The second-order valence-corrected chi connectivity index (χ2v) is 7.21. The minimum atomic E-state index is -0.256. The average molecular weight is 346 g/mol. The number of benzene rings is 1. The van der Waals surface area contributed by atoms with Crippen LogP contribution in [-0.2, 0) is 16.0 Å². The molecule has 2 aliphatic rings. The van der Waals surface area contributed by atoms with Gasteiger partial charge < -0.3 is 9.80 Å². The van der Waals surface area contributed by atoms with Crippen LogP contribution in [0.5, 0.6) is 0 Å². The molecule has 2 atom stereocenters. The van der Waals surface area contributed by atoms with Gasteiger partial charge in [-0.25, -0.2) is 4.39 Å². The molecule has 2 heterocycles. The number of nitrogens with zero attached hydrogens (tertiary/aromatic N) is 2. The number of carbonyl (C=O) groups is 2. The van der Waals surface area contributed by atoms with Gasteiger partial charge in [-0.3, -0.25) is 9.59 Å². The van der Waals surface area contributed by atoms with Crippen LogP contribution >= 0.6 is 0 Å². The molecule has 0 aromatic heterocycles. The molecular weight excluding hydrogens is 319 g/mol. The molecule has 0 saturated carbocycles. The van der Waals surface area contributed by atoms with Crippen LogP contribution < -0.4 is 0 Å². The summed E-state index contributed by atoms with van der Waals surface area (Å²) in [5.41, 5.74) is 0.862. The molecule has 2 fully saturated rings. The van der Waals surface area contributed by atoms with E-state index in [2.05, 4.69) is 6.92 Å². The number of fused-ring (bicyclic) bond motifs is 1. The highest BCUT2D eigenvalue weighted by molar-refractivity contribution is 5.78. The highest BCUT2D eigenvalue weighted by Crippen LogP contribution is 2.31. The number of hydrogen-bond donors (Lipinski definition) is 0. The molecule has 5 heteroatoms. The van der Waals surface area contributed by atoms with Crippen LogP contribution in [0.1, 0.15) is 44.6 Å². The van der Waals surface area contributed by atoms with Crippen molar-refractivity contribution >= 4 is 11.8 Å². The molecule has 0 aliphatic carbocycles. The number of carbonyl (C=O) groups excluding carboxylic acids is 2. The lowest BCUT2D eigenvalue weighted by Crippen LogP contribution is -2.57. The fourth-order valence-corrected chi connectivity index (χ4v) is 4.21. The normalized spacial score (nSPS) is 23.5. The van der Waals surface area contributed by atoms with Gasteiger partial charge in [-0.05, 0) is 49.3 Å². The molecule has 2 amide bonds. The third-order valence-electron chi connectivity index (χ3n) is 5.48. The Morgan fingerprint density at radius 3 is 2.92 bits per heavy atom. The summed E-state index contributed by atoms with van der Waals surface area (Å²) < 4.78 is 13.2. The van der Waals surface area contributed by atoms with E-state index in [0.29, 0.717) is 31.2 Å². The maximum absolute atomic E-state index is 13.2. The van der Waals surface area contributed by atoms with Gasteiger partial charge in [0.2, 0.25) is 11.8 Å². The monoisotopic (exact) mass is 346 g/mol. The number of piperidine rings is 2. The first-order chi connectivity index (χ1) is 12.1. The number of hydrogen-bond acceptors (Lipinski definition) is 2. The average Bonchev–Trinajstić information content (AvgIpc) is 2.62. The number of halogens is 1. The lowest BCUT2D eigenvalue weighted by Gasteiger charge is -2.47. The van der Waals surface area contributed by atoms with Gasteiger partial charge in [0.05, 0.1) is 0 Å². The lowest BCUT2D eigenvalue weighted by atomic mass is 9.83. The van der Waals surface area contributed by atoms with Gasteiger partial charge in [0.15, 0.2) is 0 Å². The molecule has 0 unspecified atom stereocenters. The van der Waals surface area contributed by atoms with Crippen molar-refractivity contribution in [1.82, 2.24) is 9.80 Å². The highest BCUT2D eigenvalue weighted by Gasteiger charge is 2.39. The zero-order valence-electron chi connectivity index (χ0n) is 14.9. The molecule has 2 aliphatic heterocycles. The number of amides is 2. The molecule has 25 heavy (non-hydrogen) atoms. The molecule has 3 rings (SSSR count). The summed E-state index contributed by atoms with van der Waals surface area (Å²) in [4.78, 5) is 28.7. The van der Waals surface area contributed by atoms with E-state index in [1.165, 1.54) is 12.1 Å². The zero-order valence-corrected chi connectivity index (χ0v) is 14.9. The van der Waals surface area contributed by atoms with Crippen molar-refractivity contribution in [1.29, 1.82) is 0 Å². The van der Waals surface area contributed by atoms with Crippen molar-refractivity contribution in [2.24, 2.45) is 5.92 Å². The smallest absolute Gasteiger partial charge is 0.222 e. The maximum Gasteiger partial charge on any atom is 0.222 e. The van der Waals surface area contributed by atoms with Gasteiger partial charge in [-0.15, -0.1) is 0 Å². The van der Waals surface area contributed by atoms with E-state index in [4.69, 9.17) is 0 Å². The molecule has 0 spiro atoms. The van der Waals surface area contributed by atoms with Crippen molar-refractivity contribution in [3.63, 3.8) is 0 Å². The van der Waals surface area contributed by atoms with Gasteiger partial charge in [-0.2, -0.15) is 0 Å². The van der Waals surface area contributed by atoms with Crippen LogP contribution in [0.3, 0.4) is 0 Å². The predicted molar refractivity (Wildman–Crippen MR) is 94.4 cm³/mol. The molecule has 0 N–H and O–H groups in total. The largest absolute Gasteiger partial charge is 0.342 e. The fourth-order valence-electron chi connectivity index (χ4n) is 4.21. The van der Waals surface area contributed by atoms with Crippen molar-refractivity contribution in [2.75, 3.05) is 19.6 Å². The van der Waals surface area contributed by atoms with Crippen LogP contribution in [-0.4, -0.2) is 47.3 Å². The lowest BCUT2D eigenvalue weighted by molar-refractivity contribution is -0.144. The van der Waals surface area contributed by atoms with E-state index in [1.54, 1.807) is 6.07 Å². The molecule has 2 saturated heterocycles. The van der Waals surface area contributed by atoms with Crippen molar-refractivity contribution in [2.45, 2.75) is 51.5 Å². The number of aryl methyl sites for hydroxylation is 1. The van der Waals surface area contributed by atoms with E-state index in [9.17, 15) is 14.0 Å². The SMILES string of the molecule is CCCN1C(=O)CC[C@H]2CN(C(=O)CCc3cccc(F)c3)CC[C@H]21. The summed E-state index contributed by atoms with van der Waals surface area (Å²) in [5.74, 6) is 0.556. The molecule has 0 bridgehead atoms. The van der Waals surface area contributed by atoms with E-state index in [1.807, 2.05) is 15.9 Å². The quantitative estimate of drug-likeness (QED) is 0.822. The summed E-state index contributed by atoms with van der Waals surface area (Å²) in [6.45, 7) is 4.40. The molecule has 1 aromatic rings. The molecule has 136 valence electrons. The van der Waals surface area contributed by atoms with Crippen LogP contribution in [0.2, 0.25) is 0 Å². The first kappa shape index (κ1) is 17.9. The Labute approximate surface area is 149 Å². The van der Waals surface area contributed by atoms with Gasteiger partial charge in [0.25, 0.3) is 0 Å². The Balaban J connectivity index is 1.55. The standard InChI is InChI=1S/C20H27FN2O2/c1-2-11-23-18-10-12-22(14-16(18)7-9-20(23)25)19(24)8-6-15-4-3-5-17(21)13-15/h3-5,13,16,18H,2,6-12,14H2,1H3/t16-,18+/m0/s1. The Bertz CT molecular complexity index is 634. The highest BCUT2D eigenvalue weighted by atomic mass is 19.1. The summed E-state index contributed by atoms with van der Waals surface area (Å²) in [6, 6.07) is 6.76. The van der Waals surface area contributed by atoms with Crippen molar-refractivity contribution < 1.29 is 14.0 Å². The Morgan fingerprint density at radius 1 is 1.32 bits per heavy atom. The topological polar surface area (TPSA) is 40.6 Å². The summed E-state index contributed by atoms with van der Waals surface area (Å²) >= 11 is 0. The third-order valence-corrected chi connectivity index (χ3v) is 5.48. The number of likely N-dealkylation sites (tertiary alicyclic amines) is 2. The Morgan fingerprint density at radius 2 is 2.16 bits per heavy atom. The molecule has 4 nitrogen and oxygen atoms in total. The van der Waals surface area contributed by atoms with Gasteiger partial charge in [-0.1, -0.05) is 19.1 Å². The van der Waals surface area contributed by atoms with Gasteiger partial charge >= 0.3 is 0 Å². The summed E-state index contributed by atoms with van der Waals surface area (Å²) in [6.07, 6.45) is 4.33. The Kier molecular flexibility index (Phi) is 5.71. The van der Waals surface area contributed by atoms with Crippen molar-refractivity contribution in [3.05, 3.63) is 35.6 Å². The number of rotatable bonds is 5. The van der Waals surface area contributed by atoms with E-state index in [-0.39, 0.29) is 17.6 Å². The second-order valence-electron chi connectivity index (χ2n) is 7.21. The predicted octanol–water partition coefficient (Wildman–Crippen LogP) is 3.01. The van der Waals surface area contributed by atoms with Crippen LogP contribution in [0.25, 0.3) is 0 Å².